The lowest BCUT2D eigenvalue weighted by molar-refractivity contribution is -0.139. The molecular formula is C20H22F3N3O3. The standard InChI is InChI=1S/C20H22F3N3O3/c1-3-17(27)11-16-10-14(6-8-24-16)13(2)26-19(28)15-4-5-18(25-12-15)29-9-7-20(21,22)23/h4-6,8,10,12-13H,3,7,9,11H2,1-2H3,(H,26,28). The van der Waals surface area contributed by atoms with E-state index in [-0.39, 0.29) is 29.7 Å². The number of rotatable bonds is 9. The molecule has 0 spiro atoms. The van der Waals surface area contributed by atoms with Gasteiger partial charge in [-0.25, -0.2) is 4.98 Å². The van der Waals surface area contributed by atoms with Crippen molar-refractivity contribution in [1.29, 1.82) is 0 Å². The summed E-state index contributed by atoms with van der Waals surface area (Å²) in [6.45, 7) is 3.04. The van der Waals surface area contributed by atoms with Gasteiger partial charge in [0.25, 0.3) is 5.91 Å². The molecule has 0 saturated heterocycles. The maximum absolute atomic E-state index is 12.4. The number of halogens is 3. The van der Waals surface area contributed by atoms with Gasteiger partial charge in [0.15, 0.2) is 0 Å². The fraction of sp³-hybridized carbons (Fsp3) is 0.400. The Balaban J connectivity index is 1.94. The number of hydrogen-bond donors (Lipinski definition) is 1. The monoisotopic (exact) mass is 409 g/mol. The Morgan fingerprint density at radius 2 is 1.97 bits per heavy atom. The highest BCUT2D eigenvalue weighted by molar-refractivity contribution is 5.94. The van der Waals surface area contributed by atoms with E-state index in [4.69, 9.17) is 4.74 Å². The summed E-state index contributed by atoms with van der Waals surface area (Å²) < 4.78 is 41.3. The quantitative estimate of drug-likeness (QED) is 0.681. The molecule has 2 rings (SSSR count). The Morgan fingerprint density at radius 3 is 2.59 bits per heavy atom. The van der Waals surface area contributed by atoms with Gasteiger partial charge in [-0.2, -0.15) is 13.2 Å². The minimum Gasteiger partial charge on any atom is -0.477 e. The Morgan fingerprint density at radius 1 is 1.21 bits per heavy atom. The highest BCUT2D eigenvalue weighted by Gasteiger charge is 2.26. The summed E-state index contributed by atoms with van der Waals surface area (Å²) >= 11 is 0. The molecule has 156 valence electrons. The molecule has 0 radical (unpaired) electrons. The Bertz CT molecular complexity index is 839. The van der Waals surface area contributed by atoms with Gasteiger partial charge in [-0.1, -0.05) is 6.92 Å². The van der Waals surface area contributed by atoms with E-state index in [9.17, 15) is 22.8 Å². The second-order valence-corrected chi connectivity index (χ2v) is 6.44. The summed E-state index contributed by atoms with van der Waals surface area (Å²) in [5, 5.41) is 2.81. The van der Waals surface area contributed by atoms with Gasteiger partial charge in [0.05, 0.1) is 24.6 Å². The molecule has 0 aromatic carbocycles. The van der Waals surface area contributed by atoms with Crippen LogP contribution in [0.3, 0.4) is 0 Å². The number of ether oxygens (including phenoxy) is 1. The van der Waals surface area contributed by atoms with Crippen LogP contribution in [0.2, 0.25) is 0 Å². The molecule has 0 aliphatic heterocycles. The van der Waals surface area contributed by atoms with Gasteiger partial charge in [-0.15, -0.1) is 0 Å². The number of Topliss-reactive ketones (excluding diaryl/α,β-unsaturated/α-hetero) is 1. The largest absolute Gasteiger partial charge is 0.477 e. The zero-order valence-electron chi connectivity index (χ0n) is 16.1. The first kappa shape index (κ1) is 22.3. The van der Waals surface area contributed by atoms with Crippen LogP contribution in [0.5, 0.6) is 5.88 Å². The first-order valence-electron chi connectivity index (χ1n) is 9.11. The number of amides is 1. The van der Waals surface area contributed by atoms with Crippen molar-refractivity contribution in [2.75, 3.05) is 6.61 Å². The molecule has 9 heteroatoms. The Kier molecular flexibility index (Phi) is 7.69. The van der Waals surface area contributed by atoms with Crippen molar-refractivity contribution in [3.63, 3.8) is 0 Å². The number of nitrogens with zero attached hydrogens (tertiary/aromatic N) is 2. The average Bonchev–Trinajstić information content (AvgIpc) is 2.67. The van der Waals surface area contributed by atoms with Crippen LogP contribution in [0.4, 0.5) is 13.2 Å². The number of ketones is 1. The number of carbonyl (C=O) groups is 2. The number of nitrogens with one attached hydrogen (secondary N) is 1. The summed E-state index contributed by atoms with van der Waals surface area (Å²) in [6, 6.07) is 5.95. The first-order valence-corrected chi connectivity index (χ1v) is 9.11. The van der Waals surface area contributed by atoms with Crippen molar-refractivity contribution in [2.45, 2.75) is 45.3 Å². The van der Waals surface area contributed by atoms with Gasteiger partial charge in [-0.05, 0) is 30.7 Å². The zero-order chi connectivity index (χ0) is 21.4. The molecule has 0 bridgehead atoms. The number of pyridine rings is 2. The third-order valence-electron chi connectivity index (χ3n) is 4.09. The lowest BCUT2D eigenvalue weighted by Crippen LogP contribution is -2.27. The maximum atomic E-state index is 12.4. The molecule has 2 heterocycles. The van der Waals surface area contributed by atoms with Gasteiger partial charge in [-0.3, -0.25) is 14.6 Å². The molecule has 0 saturated carbocycles. The lowest BCUT2D eigenvalue weighted by Gasteiger charge is -2.15. The van der Waals surface area contributed by atoms with Crippen molar-refractivity contribution in [3.05, 3.63) is 53.5 Å². The van der Waals surface area contributed by atoms with Crippen LogP contribution in [0.1, 0.15) is 54.3 Å². The first-order chi connectivity index (χ1) is 13.7. The Labute approximate surface area is 166 Å². The summed E-state index contributed by atoms with van der Waals surface area (Å²) in [5.41, 5.74) is 1.68. The molecule has 1 unspecified atom stereocenters. The second kappa shape index (κ2) is 9.99. The van der Waals surface area contributed by atoms with Crippen LogP contribution in [0, 0.1) is 0 Å². The van der Waals surface area contributed by atoms with E-state index in [0.717, 1.165) is 5.56 Å². The smallest absolute Gasteiger partial charge is 0.392 e. The van der Waals surface area contributed by atoms with E-state index in [1.54, 1.807) is 32.2 Å². The molecule has 1 amide bonds. The number of carbonyl (C=O) groups excluding carboxylic acids is 2. The minimum absolute atomic E-state index is 0.0122. The van der Waals surface area contributed by atoms with Gasteiger partial charge in [0.2, 0.25) is 5.88 Å². The van der Waals surface area contributed by atoms with Crippen LogP contribution in [-0.2, 0) is 11.2 Å². The highest BCUT2D eigenvalue weighted by atomic mass is 19.4. The van der Waals surface area contributed by atoms with Crippen LogP contribution in [0.15, 0.2) is 36.7 Å². The van der Waals surface area contributed by atoms with E-state index in [0.29, 0.717) is 12.1 Å². The lowest BCUT2D eigenvalue weighted by atomic mass is 10.1. The van der Waals surface area contributed by atoms with Crippen LogP contribution < -0.4 is 10.1 Å². The minimum atomic E-state index is -4.30. The topological polar surface area (TPSA) is 81.2 Å². The number of aromatic nitrogens is 2. The molecule has 0 aliphatic carbocycles. The molecule has 6 nitrogen and oxygen atoms in total. The fourth-order valence-electron chi connectivity index (χ4n) is 2.42. The Hall–Kier alpha value is -2.97. The molecule has 0 aliphatic rings. The van der Waals surface area contributed by atoms with Crippen LogP contribution in [0.25, 0.3) is 0 Å². The van der Waals surface area contributed by atoms with Gasteiger partial charge < -0.3 is 10.1 Å². The van der Waals surface area contributed by atoms with E-state index in [1.807, 2.05) is 0 Å². The predicted molar refractivity (Wildman–Crippen MR) is 99.5 cm³/mol. The molecular weight excluding hydrogens is 387 g/mol. The van der Waals surface area contributed by atoms with Crippen LogP contribution >= 0.6 is 0 Å². The molecule has 2 aromatic heterocycles. The van der Waals surface area contributed by atoms with E-state index < -0.39 is 25.1 Å². The van der Waals surface area contributed by atoms with Crippen molar-refractivity contribution in [1.82, 2.24) is 15.3 Å². The second-order valence-electron chi connectivity index (χ2n) is 6.44. The molecule has 1 N–H and O–H groups in total. The fourth-order valence-corrected chi connectivity index (χ4v) is 2.42. The zero-order valence-corrected chi connectivity index (χ0v) is 16.1. The SMILES string of the molecule is CCC(=O)Cc1cc(C(C)NC(=O)c2ccc(OCCC(F)(F)F)nc2)ccn1. The summed E-state index contributed by atoms with van der Waals surface area (Å²) in [5.74, 6) is -0.303. The van der Waals surface area contributed by atoms with Gasteiger partial charge in [0.1, 0.15) is 5.78 Å². The predicted octanol–water partition coefficient (Wildman–Crippen LogP) is 3.82. The summed E-state index contributed by atoms with van der Waals surface area (Å²) in [4.78, 5) is 32.0. The summed E-state index contributed by atoms with van der Waals surface area (Å²) in [7, 11) is 0. The van der Waals surface area contributed by atoms with Crippen molar-refractivity contribution in [2.24, 2.45) is 0 Å². The molecule has 1 atom stereocenters. The summed E-state index contributed by atoms with van der Waals surface area (Å²) in [6.07, 6.45) is -1.88. The molecule has 29 heavy (non-hydrogen) atoms. The number of hydrogen-bond acceptors (Lipinski definition) is 5. The van der Waals surface area contributed by atoms with Crippen LogP contribution in [-0.4, -0.2) is 34.4 Å². The van der Waals surface area contributed by atoms with Gasteiger partial charge >= 0.3 is 6.18 Å². The number of alkyl halides is 3. The van der Waals surface area contributed by atoms with Crippen molar-refractivity contribution < 1.29 is 27.5 Å². The normalized spacial score (nSPS) is 12.3. The average molecular weight is 409 g/mol. The van der Waals surface area contributed by atoms with E-state index >= 15 is 0 Å². The molecule has 2 aromatic rings. The highest BCUT2D eigenvalue weighted by Crippen LogP contribution is 2.20. The maximum Gasteiger partial charge on any atom is 0.392 e. The van der Waals surface area contributed by atoms with E-state index in [2.05, 4.69) is 15.3 Å². The van der Waals surface area contributed by atoms with Gasteiger partial charge in [0, 0.05) is 37.0 Å². The van der Waals surface area contributed by atoms with E-state index in [1.165, 1.54) is 18.3 Å². The molecule has 0 fully saturated rings. The van der Waals surface area contributed by atoms with Crippen molar-refractivity contribution >= 4 is 11.7 Å². The third-order valence-corrected chi connectivity index (χ3v) is 4.09. The third kappa shape index (κ3) is 7.52. The van der Waals surface area contributed by atoms with Crippen molar-refractivity contribution in [3.8, 4) is 5.88 Å².